The van der Waals surface area contributed by atoms with Crippen molar-refractivity contribution in [2.45, 2.75) is 13.3 Å². The maximum Gasteiger partial charge on any atom is 0.310 e. The Morgan fingerprint density at radius 3 is 2.67 bits per heavy atom. The van der Waals surface area contributed by atoms with Gasteiger partial charge in [-0.05, 0) is 36.8 Å². The van der Waals surface area contributed by atoms with Crippen LogP contribution in [0.25, 0.3) is 0 Å². The number of hydrogen-bond donors (Lipinski definition) is 0. The van der Waals surface area contributed by atoms with Crippen LogP contribution in [0.15, 0.2) is 29.3 Å². The predicted molar refractivity (Wildman–Crippen MR) is 61.5 cm³/mol. The number of nitrogens with zero attached hydrogens (tertiary/aromatic N) is 1. The molecule has 0 aromatic heterocycles. The third-order valence-electron chi connectivity index (χ3n) is 1.76. The molecule has 0 spiro atoms. The summed E-state index contributed by atoms with van der Waals surface area (Å²) in [5.41, 5.74) is 1.63. The molecule has 0 amide bonds. The van der Waals surface area contributed by atoms with Gasteiger partial charge in [0, 0.05) is 0 Å². The van der Waals surface area contributed by atoms with Crippen molar-refractivity contribution in [1.82, 2.24) is 0 Å². The Balaban J connectivity index is 2.64. The zero-order valence-corrected chi connectivity index (χ0v) is 9.21. The standard InChI is InChI=1S/C11H11NO2S/c1-2-14-11(13)7-9-3-5-10(6-4-9)12-8-15/h3-6H,2,7H2,1H3. The van der Waals surface area contributed by atoms with E-state index in [0.717, 1.165) is 11.3 Å². The summed E-state index contributed by atoms with van der Waals surface area (Å²) >= 11 is 4.48. The Morgan fingerprint density at radius 1 is 1.47 bits per heavy atom. The van der Waals surface area contributed by atoms with E-state index in [4.69, 9.17) is 4.74 Å². The Kier molecular flexibility index (Phi) is 4.68. The summed E-state index contributed by atoms with van der Waals surface area (Å²) in [7, 11) is 0. The average Bonchev–Trinajstić information content (AvgIpc) is 2.22. The quantitative estimate of drug-likeness (QED) is 0.445. The van der Waals surface area contributed by atoms with Crippen molar-refractivity contribution >= 4 is 29.0 Å². The minimum atomic E-state index is -0.219. The first-order chi connectivity index (χ1) is 7.26. The van der Waals surface area contributed by atoms with E-state index in [1.54, 1.807) is 19.1 Å². The van der Waals surface area contributed by atoms with E-state index in [0.29, 0.717) is 6.61 Å². The highest BCUT2D eigenvalue weighted by Crippen LogP contribution is 2.12. The maximum absolute atomic E-state index is 11.1. The molecule has 0 aliphatic rings. The molecule has 3 nitrogen and oxygen atoms in total. The third-order valence-corrected chi connectivity index (χ3v) is 1.86. The molecule has 0 fully saturated rings. The van der Waals surface area contributed by atoms with Crippen molar-refractivity contribution < 1.29 is 9.53 Å². The van der Waals surface area contributed by atoms with Gasteiger partial charge in [0.2, 0.25) is 0 Å². The van der Waals surface area contributed by atoms with E-state index >= 15 is 0 Å². The van der Waals surface area contributed by atoms with Crippen LogP contribution in [0.5, 0.6) is 0 Å². The molecule has 0 heterocycles. The summed E-state index contributed by atoms with van der Waals surface area (Å²) in [6.45, 7) is 2.20. The lowest BCUT2D eigenvalue weighted by Crippen LogP contribution is -2.07. The van der Waals surface area contributed by atoms with Crippen LogP contribution in [0.3, 0.4) is 0 Å². The molecule has 0 unspecified atom stereocenters. The second-order valence-corrected chi connectivity index (χ2v) is 3.03. The second-order valence-electron chi connectivity index (χ2n) is 2.85. The van der Waals surface area contributed by atoms with E-state index in [9.17, 15) is 4.79 Å². The van der Waals surface area contributed by atoms with Gasteiger partial charge in [0.05, 0.1) is 23.9 Å². The summed E-state index contributed by atoms with van der Waals surface area (Å²) in [4.78, 5) is 15.0. The average molecular weight is 221 g/mol. The molecule has 0 aliphatic carbocycles. The molecule has 0 saturated carbocycles. The molecule has 0 aliphatic heterocycles. The number of aliphatic imine (C=N–C) groups is 1. The smallest absolute Gasteiger partial charge is 0.310 e. The van der Waals surface area contributed by atoms with E-state index in [1.165, 1.54) is 0 Å². The number of thiocarbonyl (C=S) groups is 1. The Hall–Kier alpha value is -1.51. The van der Waals surface area contributed by atoms with Crippen molar-refractivity contribution in [3.05, 3.63) is 29.8 Å². The first kappa shape index (κ1) is 11.6. The zero-order valence-electron chi connectivity index (χ0n) is 8.40. The third kappa shape index (κ3) is 4.02. The zero-order chi connectivity index (χ0) is 11.1. The number of carbonyl (C=O) groups excluding carboxylic acids is 1. The van der Waals surface area contributed by atoms with Gasteiger partial charge in [-0.1, -0.05) is 12.1 Å². The Labute approximate surface area is 93.8 Å². The first-order valence-corrected chi connectivity index (χ1v) is 4.99. The molecule has 0 N–H and O–H groups in total. The van der Waals surface area contributed by atoms with Crippen LogP contribution in [0, 0.1) is 0 Å². The molecule has 0 atom stereocenters. The van der Waals surface area contributed by atoms with Crippen LogP contribution in [0.4, 0.5) is 5.69 Å². The van der Waals surface area contributed by atoms with Crippen LogP contribution >= 0.6 is 12.2 Å². The van der Waals surface area contributed by atoms with Crippen LogP contribution < -0.4 is 0 Å². The van der Waals surface area contributed by atoms with Gasteiger partial charge < -0.3 is 4.74 Å². The van der Waals surface area contributed by atoms with Gasteiger partial charge in [0.25, 0.3) is 0 Å². The highest BCUT2D eigenvalue weighted by Gasteiger charge is 2.02. The van der Waals surface area contributed by atoms with Crippen LogP contribution in [-0.4, -0.2) is 17.7 Å². The van der Waals surface area contributed by atoms with Gasteiger partial charge in [-0.25, -0.2) is 0 Å². The van der Waals surface area contributed by atoms with Gasteiger partial charge in [0.15, 0.2) is 0 Å². The van der Waals surface area contributed by atoms with Crippen LogP contribution in [0.2, 0.25) is 0 Å². The summed E-state index contributed by atoms with van der Waals surface area (Å²) in [5.74, 6) is -0.219. The minimum absolute atomic E-state index is 0.219. The summed E-state index contributed by atoms with van der Waals surface area (Å²) in [6, 6.07) is 7.21. The summed E-state index contributed by atoms with van der Waals surface area (Å²) in [5, 5.41) is 2.28. The van der Waals surface area contributed by atoms with Gasteiger partial charge in [0.1, 0.15) is 0 Å². The first-order valence-electron chi connectivity index (χ1n) is 4.58. The van der Waals surface area contributed by atoms with Crippen molar-refractivity contribution in [2.24, 2.45) is 4.99 Å². The van der Waals surface area contributed by atoms with Crippen molar-refractivity contribution in [3.8, 4) is 0 Å². The van der Waals surface area contributed by atoms with E-state index in [1.807, 2.05) is 12.1 Å². The lowest BCUT2D eigenvalue weighted by Gasteiger charge is -2.01. The van der Waals surface area contributed by atoms with Crippen LogP contribution in [0.1, 0.15) is 12.5 Å². The number of ether oxygens (including phenoxy) is 1. The number of rotatable bonds is 4. The normalized spacial score (nSPS) is 9.13. The fourth-order valence-corrected chi connectivity index (χ4v) is 1.23. The molecular formula is C11H11NO2S. The maximum atomic E-state index is 11.1. The van der Waals surface area contributed by atoms with Gasteiger partial charge in [-0.3, -0.25) is 4.79 Å². The Bertz CT molecular complexity index is 380. The highest BCUT2D eigenvalue weighted by molar-refractivity contribution is 7.78. The molecule has 0 bridgehead atoms. The SMILES string of the molecule is CCOC(=O)Cc1ccc(N=C=S)cc1. The van der Waals surface area contributed by atoms with Gasteiger partial charge >= 0.3 is 5.97 Å². The lowest BCUT2D eigenvalue weighted by molar-refractivity contribution is -0.142. The topological polar surface area (TPSA) is 38.7 Å². The minimum Gasteiger partial charge on any atom is -0.466 e. The predicted octanol–water partition coefficient (Wildman–Crippen LogP) is 2.53. The monoisotopic (exact) mass is 221 g/mol. The van der Waals surface area contributed by atoms with Crippen molar-refractivity contribution in [2.75, 3.05) is 6.61 Å². The Morgan fingerprint density at radius 2 is 2.13 bits per heavy atom. The highest BCUT2D eigenvalue weighted by atomic mass is 32.1. The summed E-state index contributed by atoms with van der Waals surface area (Å²) in [6.07, 6.45) is 0.287. The fraction of sp³-hybridized carbons (Fsp3) is 0.273. The molecule has 1 aromatic carbocycles. The van der Waals surface area contributed by atoms with E-state index < -0.39 is 0 Å². The van der Waals surface area contributed by atoms with Crippen LogP contribution in [-0.2, 0) is 16.0 Å². The number of hydrogen-bond acceptors (Lipinski definition) is 4. The van der Waals surface area contributed by atoms with Crippen molar-refractivity contribution in [1.29, 1.82) is 0 Å². The molecule has 1 aromatic rings. The number of esters is 1. The number of isothiocyanates is 1. The van der Waals surface area contributed by atoms with E-state index in [2.05, 4.69) is 22.4 Å². The van der Waals surface area contributed by atoms with Gasteiger partial charge in [-0.15, -0.1) is 0 Å². The number of benzene rings is 1. The molecule has 78 valence electrons. The molecule has 1 rings (SSSR count). The molecule has 4 heteroatoms. The summed E-state index contributed by atoms with van der Waals surface area (Å²) < 4.78 is 4.83. The van der Waals surface area contributed by atoms with E-state index in [-0.39, 0.29) is 12.4 Å². The lowest BCUT2D eigenvalue weighted by atomic mass is 10.1. The van der Waals surface area contributed by atoms with Crippen molar-refractivity contribution in [3.63, 3.8) is 0 Å². The molecule has 15 heavy (non-hydrogen) atoms. The molecule has 0 saturated heterocycles. The molecule has 0 radical (unpaired) electrons. The number of carbonyl (C=O) groups is 1. The largest absolute Gasteiger partial charge is 0.466 e. The van der Waals surface area contributed by atoms with Gasteiger partial charge in [-0.2, -0.15) is 4.99 Å². The fourth-order valence-electron chi connectivity index (χ4n) is 1.12. The molecular weight excluding hydrogens is 210 g/mol. The second kappa shape index (κ2) is 6.06.